The van der Waals surface area contributed by atoms with Gasteiger partial charge in [0.2, 0.25) is 0 Å². The molecule has 0 aliphatic carbocycles. The third-order valence-electron chi connectivity index (χ3n) is 8.00. The molecule has 0 aliphatic rings. The topological polar surface area (TPSA) is 51.2 Å². The normalized spacial score (nSPS) is 11.6. The number of carbonyl (C=O) groups is 3. The van der Waals surface area contributed by atoms with Crippen molar-refractivity contribution in [3.63, 3.8) is 0 Å². The summed E-state index contributed by atoms with van der Waals surface area (Å²) in [5.41, 5.74) is 0. The summed E-state index contributed by atoms with van der Waals surface area (Å²) in [6, 6.07) is 0. The Balaban J connectivity index is 4.44. The summed E-state index contributed by atoms with van der Waals surface area (Å²) in [6.45, 7) is 6.74. The zero-order chi connectivity index (χ0) is 29.5. The first-order valence-electron chi connectivity index (χ1n) is 17.8. The summed E-state index contributed by atoms with van der Waals surface area (Å²) in [5.74, 6) is 0. The van der Waals surface area contributed by atoms with E-state index < -0.39 is 16.0 Å². The van der Waals surface area contributed by atoms with Gasteiger partial charge in [-0.25, -0.2) is 0 Å². The molecule has 0 N–H and O–H groups in total. The van der Waals surface area contributed by atoms with Gasteiger partial charge >= 0.3 is 257 Å². The van der Waals surface area contributed by atoms with E-state index >= 15 is 0 Å². The second-order valence-electron chi connectivity index (χ2n) is 12.0. The van der Waals surface area contributed by atoms with Gasteiger partial charge in [0.15, 0.2) is 0 Å². The van der Waals surface area contributed by atoms with Crippen LogP contribution < -0.4 is 0 Å². The van der Waals surface area contributed by atoms with Crippen LogP contribution in [-0.2, 0) is 30.3 Å². The molecular weight excluding hydrogens is 581 g/mol. The van der Waals surface area contributed by atoms with Crippen molar-refractivity contribution in [2.45, 2.75) is 213 Å². The molecule has 0 unspecified atom stereocenters. The van der Waals surface area contributed by atoms with Crippen molar-refractivity contribution in [2.24, 2.45) is 0 Å². The molecule has 0 heterocycles. The Kier molecular flexibility index (Phi) is 31.3. The molecule has 0 saturated carbocycles. The fourth-order valence-corrected chi connectivity index (χ4v) is 9.15. The van der Waals surface area contributed by atoms with Crippen LogP contribution in [0.15, 0.2) is 0 Å². The Hall–Kier alpha value is -0.367. The Bertz CT molecular complexity index is 508. The zero-order valence-electron chi connectivity index (χ0n) is 27.3. The molecule has 0 rings (SSSR count). The zero-order valence-corrected chi connectivity index (χ0v) is 29.0. The van der Waals surface area contributed by atoms with Crippen LogP contribution in [0.2, 0.25) is 0 Å². The molecule has 0 radical (unpaired) electrons. The van der Waals surface area contributed by atoms with E-state index in [1.807, 2.05) is 0 Å². The predicted octanol–water partition coefficient (Wildman–Crippen LogP) is 11.9. The minimum absolute atomic E-state index is 0.0506. The van der Waals surface area contributed by atoms with Crippen LogP contribution in [0.25, 0.3) is 0 Å². The van der Waals surface area contributed by atoms with E-state index in [9.17, 15) is 14.4 Å². The number of unbranched alkanes of at least 4 members (excludes halogenated alkanes) is 24. The van der Waals surface area contributed by atoms with Crippen molar-refractivity contribution in [3.8, 4) is 0 Å². The van der Waals surface area contributed by atoms with Gasteiger partial charge in [-0.1, -0.05) is 0 Å². The van der Waals surface area contributed by atoms with E-state index in [1.165, 1.54) is 135 Å². The summed E-state index contributed by atoms with van der Waals surface area (Å²) in [6.07, 6.45) is 34.1. The first kappa shape index (κ1) is 39.6. The van der Waals surface area contributed by atoms with E-state index in [4.69, 9.17) is 0 Å². The summed E-state index contributed by atoms with van der Waals surface area (Å²) in [7, 11) is 0. The van der Waals surface area contributed by atoms with Gasteiger partial charge in [0.1, 0.15) is 0 Å². The van der Waals surface area contributed by atoms with Crippen LogP contribution in [0, 0.1) is 0 Å². The molecule has 0 fully saturated rings. The van der Waals surface area contributed by atoms with Crippen molar-refractivity contribution >= 4 is 13.1 Å². The van der Waals surface area contributed by atoms with Gasteiger partial charge in [-0.2, -0.15) is 0 Å². The first-order valence-corrected chi connectivity index (χ1v) is 20.4. The van der Waals surface area contributed by atoms with Crippen LogP contribution in [-0.4, -0.2) is 13.1 Å². The van der Waals surface area contributed by atoms with Crippen LogP contribution in [0.5, 0.6) is 0 Å². The third-order valence-corrected chi connectivity index (χ3v) is 12.2. The summed E-state index contributed by atoms with van der Waals surface area (Å²) < 4.78 is 0.152. The van der Waals surface area contributed by atoms with Gasteiger partial charge in [0.25, 0.3) is 0 Å². The summed E-state index contributed by atoms with van der Waals surface area (Å²) >= 11 is -2.72. The number of carbonyl (C=O) groups excluding carboxylic acids is 3. The molecule has 239 valence electrons. The third kappa shape index (κ3) is 25.4. The van der Waals surface area contributed by atoms with E-state index in [2.05, 4.69) is 20.8 Å². The molecular formula is C36H69O3Ru. The van der Waals surface area contributed by atoms with Crippen molar-refractivity contribution in [2.75, 3.05) is 0 Å². The fourth-order valence-electron chi connectivity index (χ4n) is 5.31. The van der Waals surface area contributed by atoms with Crippen molar-refractivity contribution < 1.29 is 30.3 Å². The van der Waals surface area contributed by atoms with Gasteiger partial charge in [0.05, 0.1) is 0 Å². The van der Waals surface area contributed by atoms with Crippen LogP contribution >= 0.6 is 0 Å². The Labute approximate surface area is 256 Å². The molecule has 0 amide bonds. The molecule has 0 aliphatic heterocycles. The average molecular weight is 651 g/mol. The average Bonchev–Trinajstić information content (AvgIpc) is 2.94. The van der Waals surface area contributed by atoms with E-state index in [1.54, 1.807) is 0 Å². The van der Waals surface area contributed by atoms with Gasteiger partial charge in [-0.05, 0) is 0 Å². The quantitative estimate of drug-likeness (QED) is 0.0524. The second-order valence-corrected chi connectivity index (χ2v) is 16.2. The monoisotopic (exact) mass is 651 g/mol. The second kappa shape index (κ2) is 31.6. The first-order chi connectivity index (χ1) is 19.6. The molecule has 3 nitrogen and oxygen atoms in total. The van der Waals surface area contributed by atoms with Gasteiger partial charge in [-0.15, -0.1) is 0 Å². The van der Waals surface area contributed by atoms with Crippen LogP contribution in [0.1, 0.15) is 213 Å². The maximum absolute atomic E-state index is 13.2. The van der Waals surface area contributed by atoms with Gasteiger partial charge in [-0.3, -0.25) is 0 Å². The van der Waals surface area contributed by atoms with E-state index in [0.717, 1.165) is 38.5 Å². The van der Waals surface area contributed by atoms with Crippen LogP contribution in [0.4, 0.5) is 0 Å². The SMILES string of the molecule is CCCCCCCCCCC[C](=O)[Ru]([C](=O)CCCCCCCCCCC)[C](=O)CCCCCCCCCCC. The van der Waals surface area contributed by atoms with E-state index in [-0.39, 0.29) is 13.1 Å². The number of hydrogen-bond acceptors (Lipinski definition) is 3. The molecule has 0 aromatic heterocycles. The fraction of sp³-hybridized carbons (Fsp3) is 0.917. The molecule has 0 bridgehead atoms. The van der Waals surface area contributed by atoms with Crippen molar-refractivity contribution in [1.82, 2.24) is 0 Å². The predicted molar refractivity (Wildman–Crippen MR) is 171 cm³/mol. The number of rotatable bonds is 33. The van der Waals surface area contributed by atoms with E-state index in [0.29, 0.717) is 19.3 Å². The van der Waals surface area contributed by atoms with Crippen molar-refractivity contribution in [3.05, 3.63) is 0 Å². The van der Waals surface area contributed by atoms with Gasteiger partial charge < -0.3 is 0 Å². The Morgan fingerprint density at radius 1 is 0.300 bits per heavy atom. The molecule has 0 atom stereocenters. The summed E-state index contributed by atoms with van der Waals surface area (Å²) in [5, 5.41) is 0. The molecule has 0 aromatic rings. The number of hydrogen-bond donors (Lipinski definition) is 0. The van der Waals surface area contributed by atoms with Crippen LogP contribution in [0.3, 0.4) is 0 Å². The Morgan fingerprint density at radius 3 is 0.675 bits per heavy atom. The standard InChI is InChI=1S/3C12H23O.Ru/c3*1-2-3-4-5-6-7-8-9-10-11-12-13;/h3*2-11H2,1H3;. The van der Waals surface area contributed by atoms with Crippen molar-refractivity contribution in [1.29, 1.82) is 0 Å². The Morgan fingerprint density at radius 2 is 0.475 bits per heavy atom. The molecule has 40 heavy (non-hydrogen) atoms. The summed E-state index contributed by atoms with van der Waals surface area (Å²) in [4.78, 5) is 39.5. The molecule has 0 aromatic carbocycles. The molecule has 4 heteroatoms. The molecule has 0 saturated heterocycles. The minimum atomic E-state index is -2.72. The molecule has 0 spiro atoms. The van der Waals surface area contributed by atoms with Gasteiger partial charge in [0, 0.05) is 0 Å². The maximum atomic E-state index is 13.2.